The zero-order valence-electron chi connectivity index (χ0n) is 21.0. The Labute approximate surface area is 223 Å². The van der Waals surface area contributed by atoms with Crippen molar-refractivity contribution in [3.8, 4) is 23.0 Å². The average molecular weight is 538 g/mol. The van der Waals surface area contributed by atoms with Crippen LogP contribution in [0.25, 0.3) is 0 Å². The number of imide groups is 1. The molecule has 1 aliphatic rings. The Morgan fingerprint density at radius 2 is 1.37 bits per heavy atom. The summed E-state index contributed by atoms with van der Waals surface area (Å²) < 4.78 is 21.0. The molecule has 1 aliphatic heterocycles. The summed E-state index contributed by atoms with van der Waals surface area (Å²) in [7, 11) is 5.91. The highest BCUT2D eigenvalue weighted by Gasteiger charge is 2.40. The quantitative estimate of drug-likeness (QED) is 0.386. The topological polar surface area (TPSA) is 115 Å². The lowest BCUT2D eigenvalue weighted by atomic mass is 10.1. The van der Waals surface area contributed by atoms with Crippen LogP contribution in [0.3, 0.4) is 0 Å². The normalized spacial score (nSPS) is 12.9. The number of hydrogen-bond acceptors (Lipinski definition) is 8. The molecule has 196 valence electrons. The average Bonchev–Trinajstić information content (AvgIpc) is 3.15. The van der Waals surface area contributed by atoms with E-state index in [1.807, 2.05) is 0 Å². The molecule has 10 nitrogen and oxygen atoms in total. The maximum atomic E-state index is 13.2. The van der Waals surface area contributed by atoms with Crippen LogP contribution in [0.5, 0.6) is 23.0 Å². The number of anilines is 3. The molecule has 4 rings (SSSR count). The van der Waals surface area contributed by atoms with Gasteiger partial charge in [-0.1, -0.05) is 11.6 Å². The molecule has 2 N–H and O–H groups in total. The fourth-order valence-corrected chi connectivity index (χ4v) is 3.97. The van der Waals surface area contributed by atoms with Gasteiger partial charge in [0.25, 0.3) is 17.7 Å². The third-order valence-corrected chi connectivity index (χ3v) is 6.08. The first-order chi connectivity index (χ1) is 18.3. The van der Waals surface area contributed by atoms with Gasteiger partial charge < -0.3 is 29.6 Å². The van der Waals surface area contributed by atoms with Crippen LogP contribution < -0.4 is 34.5 Å². The van der Waals surface area contributed by atoms with Crippen LogP contribution in [0.15, 0.2) is 71.4 Å². The first-order valence-electron chi connectivity index (χ1n) is 11.2. The van der Waals surface area contributed by atoms with E-state index in [0.717, 1.165) is 4.90 Å². The summed E-state index contributed by atoms with van der Waals surface area (Å²) in [5, 5.41) is 5.38. The van der Waals surface area contributed by atoms with Gasteiger partial charge in [0.2, 0.25) is 0 Å². The van der Waals surface area contributed by atoms with Gasteiger partial charge in [-0.2, -0.15) is 0 Å². The van der Waals surface area contributed by atoms with Crippen molar-refractivity contribution in [2.24, 2.45) is 0 Å². The third kappa shape index (κ3) is 5.07. The van der Waals surface area contributed by atoms with Crippen molar-refractivity contribution in [3.05, 3.63) is 77.0 Å². The van der Waals surface area contributed by atoms with Gasteiger partial charge in [0, 0.05) is 23.4 Å². The Hall–Kier alpha value is -4.70. The molecule has 0 bridgehead atoms. The highest BCUT2D eigenvalue weighted by molar-refractivity contribution is 6.53. The molecule has 3 aromatic carbocycles. The lowest BCUT2D eigenvalue weighted by Gasteiger charge is -2.19. The van der Waals surface area contributed by atoms with E-state index in [9.17, 15) is 14.4 Å². The van der Waals surface area contributed by atoms with Gasteiger partial charge in [-0.25, -0.2) is 4.90 Å². The summed E-state index contributed by atoms with van der Waals surface area (Å²) in [4.78, 5) is 39.8. The van der Waals surface area contributed by atoms with E-state index < -0.39 is 11.8 Å². The third-order valence-electron chi connectivity index (χ3n) is 5.73. The number of carbonyl (C=O) groups is 3. The lowest BCUT2D eigenvalue weighted by Crippen LogP contribution is -2.32. The van der Waals surface area contributed by atoms with Crippen LogP contribution >= 0.6 is 11.6 Å². The fraction of sp³-hybridized carbons (Fsp3) is 0.148. The van der Waals surface area contributed by atoms with Crippen LogP contribution in [0.1, 0.15) is 10.4 Å². The number of halogens is 1. The lowest BCUT2D eigenvalue weighted by molar-refractivity contribution is -0.120. The largest absolute Gasteiger partial charge is 0.497 e. The Morgan fingerprint density at radius 1 is 0.763 bits per heavy atom. The van der Waals surface area contributed by atoms with Crippen molar-refractivity contribution >= 4 is 46.4 Å². The second kappa shape index (κ2) is 11.1. The molecule has 0 saturated heterocycles. The number of benzene rings is 3. The van der Waals surface area contributed by atoms with Crippen molar-refractivity contribution in [3.63, 3.8) is 0 Å². The second-order valence-corrected chi connectivity index (χ2v) is 8.27. The first-order valence-corrected chi connectivity index (χ1v) is 11.6. The summed E-state index contributed by atoms with van der Waals surface area (Å²) in [6.45, 7) is 0. The molecule has 11 heteroatoms. The van der Waals surface area contributed by atoms with Gasteiger partial charge in [-0.3, -0.25) is 14.4 Å². The molecular weight excluding hydrogens is 514 g/mol. The predicted molar refractivity (Wildman–Crippen MR) is 142 cm³/mol. The highest BCUT2D eigenvalue weighted by Crippen LogP contribution is 2.38. The van der Waals surface area contributed by atoms with E-state index >= 15 is 0 Å². The predicted octanol–water partition coefficient (Wildman–Crippen LogP) is 4.41. The molecule has 0 aliphatic carbocycles. The first kappa shape index (κ1) is 26.4. The number of methoxy groups -OCH3 is 4. The molecule has 0 radical (unpaired) electrons. The maximum absolute atomic E-state index is 13.2. The molecule has 38 heavy (non-hydrogen) atoms. The zero-order chi connectivity index (χ0) is 27.4. The molecule has 0 fully saturated rings. The van der Waals surface area contributed by atoms with Gasteiger partial charge >= 0.3 is 0 Å². The Balaban J connectivity index is 1.52. The minimum absolute atomic E-state index is 0.111. The molecule has 0 spiro atoms. The fourth-order valence-electron chi connectivity index (χ4n) is 3.76. The summed E-state index contributed by atoms with van der Waals surface area (Å²) in [5.74, 6) is -0.0142. The standard InChI is InChI=1S/C27H24ClN3O7/c1-35-17-9-11-21(37-3)19(13-17)30-25(32)15-5-7-16(8-6-15)29-24-23(28)26(33)31(27(24)34)20-14-18(36-2)10-12-22(20)38-4/h5-14,29H,1-4H3,(H,30,32). The van der Waals surface area contributed by atoms with Crippen LogP contribution in [0.4, 0.5) is 17.1 Å². The molecule has 1 heterocycles. The molecule has 3 aromatic rings. The van der Waals surface area contributed by atoms with Crippen LogP contribution in [0.2, 0.25) is 0 Å². The smallest absolute Gasteiger partial charge is 0.283 e. The summed E-state index contributed by atoms with van der Waals surface area (Å²) >= 11 is 6.26. The van der Waals surface area contributed by atoms with Crippen molar-refractivity contribution in [2.45, 2.75) is 0 Å². The number of ether oxygens (including phenoxy) is 4. The number of nitrogens with one attached hydrogen (secondary N) is 2. The van der Waals surface area contributed by atoms with E-state index in [1.165, 1.54) is 34.5 Å². The minimum atomic E-state index is -0.714. The molecule has 3 amide bonds. The van der Waals surface area contributed by atoms with Crippen LogP contribution in [-0.2, 0) is 9.59 Å². The number of rotatable bonds is 9. The number of amides is 3. The van der Waals surface area contributed by atoms with Crippen molar-refractivity contribution in [1.29, 1.82) is 0 Å². The summed E-state index contributed by atoms with van der Waals surface area (Å²) in [6.07, 6.45) is 0. The highest BCUT2D eigenvalue weighted by atomic mass is 35.5. The van der Waals surface area contributed by atoms with Gasteiger partial charge in [0.05, 0.1) is 39.8 Å². The number of nitrogens with zero attached hydrogens (tertiary/aromatic N) is 1. The molecule has 0 atom stereocenters. The molecule has 0 unspecified atom stereocenters. The van der Waals surface area contributed by atoms with Crippen LogP contribution in [-0.4, -0.2) is 46.2 Å². The summed E-state index contributed by atoms with van der Waals surface area (Å²) in [5.41, 5.74) is 1.31. The maximum Gasteiger partial charge on any atom is 0.283 e. The van der Waals surface area contributed by atoms with Gasteiger partial charge in [0.1, 0.15) is 33.7 Å². The molecule has 0 saturated carbocycles. The Kier molecular flexibility index (Phi) is 7.73. The molecular formula is C27H24ClN3O7. The zero-order valence-corrected chi connectivity index (χ0v) is 21.7. The Morgan fingerprint density at radius 3 is 1.97 bits per heavy atom. The Bertz CT molecular complexity index is 1440. The second-order valence-electron chi connectivity index (χ2n) is 7.90. The SMILES string of the molecule is COc1ccc(OC)c(NC(=O)c2ccc(NC3=C(Cl)C(=O)N(c4cc(OC)ccc4OC)C3=O)cc2)c1. The van der Waals surface area contributed by atoms with E-state index in [-0.39, 0.29) is 22.3 Å². The van der Waals surface area contributed by atoms with E-state index in [4.69, 9.17) is 30.5 Å². The number of hydrogen-bond donors (Lipinski definition) is 2. The van der Waals surface area contributed by atoms with Crippen molar-refractivity contribution in [2.75, 3.05) is 44.0 Å². The van der Waals surface area contributed by atoms with Gasteiger partial charge in [-0.05, 0) is 48.5 Å². The van der Waals surface area contributed by atoms with Gasteiger partial charge in [-0.15, -0.1) is 0 Å². The number of carbonyl (C=O) groups excluding carboxylic acids is 3. The van der Waals surface area contributed by atoms with Gasteiger partial charge in [0.15, 0.2) is 0 Å². The van der Waals surface area contributed by atoms with Crippen LogP contribution in [0, 0.1) is 0 Å². The van der Waals surface area contributed by atoms with E-state index in [1.54, 1.807) is 54.6 Å². The van der Waals surface area contributed by atoms with E-state index in [2.05, 4.69) is 10.6 Å². The molecule has 0 aromatic heterocycles. The summed E-state index contributed by atoms with van der Waals surface area (Å²) in [6, 6.07) is 16.1. The van der Waals surface area contributed by atoms with Crippen molar-refractivity contribution < 1.29 is 33.3 Å². The minimum Gasteiger partial charge on any atom is -0.497 e. The van der Waals surface area contributed by atoms with E-state index in [0.29, 0.717) is 39.9 Å². The van der Waals surface area contributed by atoms with Crippen molar-refractivity contribution in [1.82, 2.24) is 0 Å². The monoisotopic (exact) mass is 537 g/mol.